The van der Waals surface area contributed by atoms with E-state index in [1.807, 2.05) is 25.8 Å². The van der Waals surface area contributed by atoms with E-state index in [1.165, 1.54) is 12.8 Å². The number of carbonyl (C=O) groups excluding carboxylic acids is 2. The molecular formula is C21H31N3O2. The fourth-order valence-electron chi connectivity index (χ4n) is 4.52. The zero-order valence-corrected chi connectivity index (χ0v) is 16.4. The van der Waals surface area contributed by atoms with Crippen LogP contribution in [-0.2, 0) is 0 Å². The largest absolute Gasteiger partial charge is 0.339 e. The minimum atomic E-state index is 0.0225. The third kappa shape index (κ3) is 3.50. The SMILES string of the molecule is CCN(CC)C(=O)c1ccc(C(=O)N(C)C2CC3CCC(C2)N3C)cc1. The van der Waals surface area contributed by atoms with Gasteiger partial charge in [-0.15, -0.1) is 0 Å². The zero-order valence-electron chi connectivity index (χ0n) is 16.4. The van der Waals surface area contributed by atoms with Crippen LogP contribution in [0.5, 0.6) is 0 Å². The van der Waals surface area contributed by atoms with Crippen molar-refractivity contribution in [2.24, 2.45) is 0 Å². The van der Waals surface area contributed by atoms with E-state index in [4.69, 9.17) is 0 Å². The minimum Gasteiger partial charge on any atom is -0.339 e. The molecule has 2 aliphatic heterocycles. The summed E-state index contributed by atoms with van der Waals surface area (Å²) in [5, 5.41) is 0. The number of nitrogens with zero attached hydrogens (tertiary/aromatic N) is 3. The van der Waals surface area contributed by atoms with Crippen molar-refractivity contribution in [1.29, 1.82) is 0 Å². The van der Waals surface area contributed by atoms with Crippen LogP contribution in [0, 0.1) is 0 Å². The lowest BCUT2D eigenvalue weighted by Gasteiger charge is -2.40. The first kappa shape index (κ1) is 18.9. The van der Waals surface area contributed by atoms with Crippen molar-refractivity contribution in [3.8, 4) is 0 Å². The molecular weight excluding hydrogens is 326 g/mol. The number of hydrogen-bond acceptors (Lipinski definition) is 3. The van der Waals surface area contributed by atoms with E-state index in [9.17, 15) is 9.59 Å². The minimum absolute atomic E-state index is 0.0225. The van der Waals surface area contributed by atoms with E-state index in [0.29, 0.717) is 42.3 Å². The molecule has 3 rings (SSSR count). The third-order valence-electron chi connectivity index (χ3n) is 6.37. The zero-order chi connectivity index (χ0) is 18.8. The van der Waals surface area contributed by atoms with Gasteiger partial charge in [-0.05, 0) is 70.8 Å². The number of carbonyl (C=O) groups is 2. The van der Waals surface area contributed by atoms with E-state index in [1.54, 1.807) is 29.2 Å². The van der Waals surface area contributed by atoms with Gasteiger partial charge in [-0.2, -0.15) is 0 Å². The van der Waals surface area contributed by atoms with E-state index in [0.717, 1.165) is 12.8 Å². The Morgan fingerprint density at radius 1 is 0.962 bits per heavy atom. The Morgan fingerprint density at radius 3 is 1.88 bits per heavy atom. The number of piperidine rings is 1. The first-order valence-electron chi connectivity index (χ1n) is 9.84. The third-order valence-corrected chi connectivity index (χ3v) is 6.37. The van der Waals surface area contributed by atoms with Gasteiger partial charge in [-0.3, -0.25) is 9.59 Å². The van der Waals surface area contributed by atoms with Gasteiger partial charge in [-0.25, -0.2) is 0 Å². The summed E-state index contributed by atoms with van der Waals surface area (Å²) < 4.78 is 0. The summed E-state index contributed by atoms with van der Waals surface area (Å²) in [6.07, 6.45) is 4.63. The second-order valence-electron chi connectivity index (χ2n) is 7.65. The van der Waals surface area contributed by atoms with Gasteiger partial charge in [0.05, 0.1) is 0 Å². The van der Waals surface area contributed by atoms with Gasteiger partial charge < -0.3 is 14.7 Å². The molecule has 2 amide bonds. The molecule has 142 valence electrons. The predicted molar refractivity (Wildman–Crippen MR) is 103 cm³/mol. The fraction of sp³-hybridized carbons (Fsp3) is 0.619. The number of hydrogen-bond donors (Lipinski definition) is 0. The van der Waals surface area contributed by atoms with Crippen molar-refractivity contribution in [3.63, 3.8) is 0 Å². The Balaban J connectivity index is 1.67. The van der Waals surface area contributed by atoms with Crippen molar-refractivity contribution in [2.75, 3.05) is 27.2 Å². The molecule has 1 aromatic carbocycles. The van der Waals surface area contributed by atoms with Gasteiger partial charge in [0.2, 0.25) is 0 Å². The first-order valence-corrected chi connectivity index (χ1v) is 9.84. The average molecular weight is 357 g/mol. The summed E-state index contributed by atoms with van der Waals surface area (Å²) in [7, 11) is 4.14. The topological polar surface area (TPSA) is 43.9 Å². The second kappa shape index (κ2) is 7.78. The van der Waals surface area contributed by atoms with Gasteiger partial charge in [-0.1, -0.05) is 0 Å². The quantitative estimate of drug-likeness (QED) is 0.814. The van der Waals surface area contributed by atoms with E-state index in [-0.39, 0.29) is 11.8 Å². The Hall–Kier alpha value is -1.88. The lowest BCUT2D eigenvalue weighted by atomic mass is 9.96. The van der Waals surface area contributed by atoms with Crippen LogP contribution in [0.2, 0.25) is 0 Å². The molecule has 26 heavy (non-hydrogen) atoms. The van der Waals surface area contributed by atoms with Crippen LogP contribution in [0.4, 0.5) is 0 Å². The molecule has 0 aliphatic carbocycles. The number of fused-ring (bicyclic) bond motifs is 2. The standard InChI is InChI=1S/C21H31N3O2/c1-5-24(6-2)21(26)16-9-7-15(8-10-16)20(25)23(4)19-13-17-11-12-18(14-19)22(17)3/h7-10,17-19H,5-6,11-14H2,1-4H3. The van der Waals surface area contributed by atoms with Crippen molar-refractivity contribution >= 4 is 11.8 Å². The van der Waals surface area contributed by atoms with Crippen LogP contribution in [0.1, 0.15) is 60.2 Å². The van der Waals surface area contributed by atoms with Crippen molar-refractivity contribution in [3.05, 3.63) is 35.4 Å². The number of amides is 2. The summed E-state index contributed by atoms with van der Waals surface area (Å²) in [6.45, 7) is 5.33. The second-order valence-corrected chi connectivity index (χ2v) is 7.65. The maximum absolute atomic E-state index is 12.9. The molecule has 1 aromatic rings. The average Bonchev–Trinajstić information content (AvgIpc) is 2.87. The molecule has 2 bridgehead atoms. The number of benzene rings is 1. The normalized spacial score (nSPS) is 25.2. The van der Waals surface area contributed by atoms with Crippen molar-refractivity contribution in [1.82, 2.24) is 14.7 Å². The highest BCUT2D eigenvalue weighted by Crippen LogP contribution is 2.36. The predicted octanol–water partition coefficient (Wildman–Crippen LogP) is 2.87. The van der Waals surface area contributed by atoms with Crippen LogP contribution in [0.25, 0.3) is 0 Å². The Kier molecular flexibility index (Phi) is 5.66. The lowest BCUT2D eigenvalue weighted by Crippen LogP contribution is -2.49. The van der Waals surface area contributed by atoms with Gasteiger partial charge in [0.15, 0.2) is 0 Å². The van der Waals surface area contributed by atoms with E-state index in [2.05, 4.69) is 11.9 Å². The summed E-state index contributed by atoms with van der Waals surface area (Å²) in [5.74, 6) is 0.0787. The molecule has 2 aliphatic rings. The monoisotopic (exact) mass is 357 g/mol. The van der Waals surface area contributed by atoms with Gasteiger partial charge in [0.1, 0.15) is 0 Å². The first-order chi connectivity index (χ1) is 12.5. The fourth-order valence-corrected chi connectivity index (χ4v) is 4.52. The lowest BCUT2D eigenvalue weighted by molar-refractivity contribution is 0.0562. The van der Waals surface area contributed by atoms with E-state index >= 15 is 0 Å². The summed E-state index contributed by atoms with van der Waals surface area (Å²) in [5.41, 5.74) is 1.31. The summed E-state index contributed by atoms with van der Waals surface area (Å²) in [4.78, 5) is 31.5. The molecule has 0 aromatic heterocycles. The van der Waals surface area contributed by atoms with Gasteiger partial charge in [0, 0.05) is 49.4 Å². The smallest absolute Gasteiger partial charge is 0.253 e. The van der Waals surface area contributed by atoms with Crippen LogP contribution in [0.15, 0.2) is 24.3 Å². The molecule has 2 atom stereocenters. The summed E-state index contributed by atoms with van der Waals surface area (Å²) in [6, 6.07) is 8.68. The molecule has 0 saturated carbocycles. The Morgan fingerprint density at radius 2 is 1.42 bits per heavy atom. The van der Waals surface area contributed by atoms with E-state index < -0.39 is 0 Å². The Labute approximate surface area is 156 Å². The van der Waals surface area contributed by atoms with Crippen LogP contribution >= 0.6 is 0 Å². The summed E-state index contributed by atoms with van der Waals surface area (Å²) >= 11 is 0. The molecule has 0 N–H and O–H groups in total. The van der Waals surface area contributed by atoms with Gasteiger partial charge in [0.25, 0.3) is 11.8 Å². The highest BCUT2D eigenvalue weighted by molar-refractivity contribution is 5.97. The highest BCUT2D eigenvalue weighted by Gasteiger charge is 2.40. The number of rotatable bonds is 5. The van der Waals surface area contributed by atoms with Crippen LogP contribution in [0.3, 0.4) is 0 Å². The Bertz CT molecular complexity index is 640. The molecule has 2 unspecified atom stereocenters. The molecule has 2 saturated heterocycles. The molecule has 5 heteroatoms. The maximum atomic E-state index is 12.9. The molecule has 2 fully saturated rings. The van der Waals surface area contributed by atoms with Crippen molar-refractivity contribution in [2.45, 2.75) is 57.7 Å². The highest BCUT2D eigenvalue weighted by atomic mass is 16.2. The maximum Gasteiger partial charge on any atom is 0.253 e. The molecule has 5 nitrogen and oxygen atoms in total. The van der Waals surface area contributed by atoms with Crippen molar-refractivity contribution < 1.29 is 9.59 Å². The van der Waals surface area contributed by atoms with Crippen LogP contribution in [-0.4, -0.2) is 71.8 Å². The van der Waals surface area contributed by atoms with Gasteiger partial charge >= 0.3 is 0 Å². The molecule has 0 radical (unpaired) electrons. The molecule has 0 spiro atoms. The molecule has 2 heterocycles. The van der Waals surface area contributed by atoms with Crippen LogP contribution < -0.4 is 0 Å².